The molecule has 1 atom stereocenters. The van der Waals surface area contributed by atoms with Crippen molar-refractivity contribution in [1.29, 1.82) is 0 Å². The number of thiazole rings is 1. The number of ether oxygens (including phenoxy) is 2. The number of likely N-dealkylation sites (tertiary alicyclic amines) is 1. The summed E-state index contributed by atoms with van der Waals surface area (Å²) < 4.78 is 12.8. The molecule has 0 radical (unpaired) electrons. The van der Waals surface area contributed by atoms with Crippen LogP contribution in [0.4, 0.5) is 5.13 Å². The number of nitrogens with zero attached hydrogens (tertiary/aromatic N) is 4. The third-order valence-electron chi connectivity index (χ3n) is 5.69. The number of anilines is 1. The Balaban J connectivity index is 1.42. The molecule has 7 nitrogen and oxygen atoms in total. The van der Waals surface area contributed by atoms with E-state index in [9.17, 15) is 0 Å². The van der Waals surface area contributed by atoms with Gasteiger partial charge in [0.1, 0.15) is 17.2 Å². The number of piperidine rings is 1. The Labute approximate surface area is 188 Å². The zero-order valence-electron chi connectivity index (χ0n) is 18.7. The van der Waals surface area contributed by atoms with Gasteiger partial charge in [-0.25, -0.2) is 4.98 Å². The highest BCUT2D eigenvalue weighted by Gasteiger charge is 2.19. The first kappa shape index (κ1) is 21.6. The maximum atomic E-state index is 5.36. The van der Waals surface area contributed by atoms with Gasteiger partial charge in [-0.15, -0.1) is 0 Å². The van der Waals surface area contributed by atoms with Crippen molar-refractivity contribution in [3.8, 4) is 22.1 Å². The van der Waals surface area contributed by atoms with Crippen LogP contribution in [0.5, 0.6) is 11.5 Å². The molecule has 3 aromatic rings. The molecule has 1 aromatic carbocycles. The van der Waals surface area contributed by atoms with Gasteiger partial charge in [-0.2, -0.15) is 5.10 Å². The highest BCUT2D eigenvalue weighted by atomic mass is 32.1. The van der Waals surface area contributed by atoms with E-state index in [0.717, 1.165) is 51.5 Å². The Morgan fingerprint density at radius 1 is 1.19 bits per heavy atom. The molecular weight excluding hydrogens is 410 g/mol. The average Bonchev–Trinajstić information content (AvgIpc) is 3.38. The molecule has 0 unspecified atom stereocenters. The second-order valence-electron chi connectivity index (χ2n) is 8.20. The molecular formula is C23H31N5O2S. The molecule has 1 fully saturated rings. The normalized spacial score (nSPS) is 17.0. The molecule has 2 aromatic heterocycles. The lowest BCUT2D eigenvalue weighted by Gasteiger charge is -2.29. The third-order valence-corrected chi connectivity index (χ3v) is 6.83. The highest BCUT2D eigenvalue weighted by molar-refractivity contribution is 7.19. The lowest BCUT2D eigenvalue weighted by molar-refractivity contribution is 0.191. The number of methoxy groups -OCH3 is 2. The fourth-order valence-corrected chi connectivity index (χ4v) is 5.05. The first-order valence-electron chi connectivity index (χ1n) is 10.7. The lowest BCUT2D eigenvalue weighted by atomic mass is 9.99. The largest absolute Gasteiger partial charge is 0.497 e. The van der Waals surface area contributed by atoms with Gasteiger partial charge >= 0.3 is 0 Å². The molecule has 1 aliphatic rings. The molecule has 0 amide bonds. The first-order chi connectivity index (χ1) is 15.0. The minimum atomic E-state index is 0.642. The zero-order chi connectivity index (χ0) is 21.8. The molecule has 1 saturated heterocycles. The van der Waals surface area contributed by atoms with Gasteiger partial charge in [0.25, 0.3) is 0 Å². The van der Waals surface area contributed by atoms with Gasteiger partial charge < -0.3 is 19.7 Å². The monoisotopic (exact) mass is 441 g/mol. The summed E-state index contributed by atoms with van der Waals surface area (Å²) in [6, 6.07) is 7.98. The number of aromatic nitrogens is 3. The molecule has 1 aliphatic heterocycles. The van der Waals surface area contributed by atoms with Gasteiger partial charge in [-0.05, 0) is 63.0 Å². The van der Waals surface area contributed by atoms with Crippen LogP contribution in [0.25, 0.3) is 10.6 Å². The van der Waals surface area contributed by atoms with Gasteiger partial charge in [-0.3, -0.25) is 4.68 Å². The number of hydrogen-bond donors (Lipinski definition) is 1. The SMILES string of the molecule is COc1cc(CNc2nc(C)c(-c3ccn(C[C@@H]4CCCN(C)C4)n3)s2)cc(OC)c1. The van der Waals surface area contributed by atoms with Crippen LogP contribution in [0, 0.1) is 12.8 Å². The predicted octanol–water partition coefficient (Wildman–Crippen LogP) is 4.29. The van der Waals surface area contributed by atoms with Gasteiger partial charge in [0, 0.05) is 31.9 Å². The molecule has 4 rings (SSSR count). The van der Waals surface area contributed by atoms with Crippen LogP contribution in [0.2, 0.25) is 0 Å². The quantitative estimate of drug-likeness (QED) is 0.563. The van der Waals surface area contributed by atoms with Crippen LogP contribution in [-0.2, 0) is 13.1 Å². The van der Waals surface area contributed by atoms with Gasteiger partial charge in [0.15, 0.2) is 5.13 Å². The molecule has 31 heavy (non-hydrogen) atoms. The van der Waals surface area contributed by atoms with Crippen molar-refractivity contribution in [2.24, 2.45) is 5.92 Å². The van der Waals surface area contributed by atoms with E-state index >= 15 is 0 Å². The van der Waals surface area contributed by atoms with Crippen LogP contribution in [-0.4, -0.2) is 54.0 Å². The van der Waals surface area contributed by atoms with Crippen LogP contribution in [0.1, 0.15) is 24.1 Å². The van der Waals surface area contributed by atoms with Crippen LogP contribution in [0.15, 0.2) is 30.5 Å². The maximum absolute atomic E-state index is 5.36. The molecule has 0 bridgehead atoms. The summed E-state index contributed by atoms with van der Waals surface area (Å²) in [5.74, 6) is 2.23. The summed E-state index contributed by atoms with van der Waals surface area (Å²) in [6.45, 7) is 6.02. The van der Waals surface area contributed by atoms with Crippen molar-refractivity contribution in [1.82, 2.24) is 19.7 Å². The number of aryl methyl sites for hydroxylation is 1. The summed E-state index contributed by atoms with van der Waals surface area (Å²) in [7, 11) is 5.53. The van der Waals surface area contributed by atoms with Crippen molar-refractivity contribution in [3.63, 3.8) is 0 Å². The third kappa shape index (κ3) is 5.37. The summed E-state index contributed by atoms with van der Waals surface area (Å²) in [4.78, 5) is 8.25. The van der Waals surface area contributed by atoms with E-state index in [4.69, 9.17) is 19.6 Å². The molecule has 0 aliphatic carbocycles. The van der Waals surface area contributed by atoms with E-state index < -0.39 is 0 Å². The number of benzene rings is 1. The fraction of sp³-hybridized carbons (Fsp3) is 0.478. The second kappa shape index (κ2) is 9.70. The van der Waals surface area contributed by atoms with Gasteiger partial charge in [0.2, 0.25) is 0 Å². The summed E-state index contributed by atoms with van der Waals surface area (Å²) in [5.41, 5.74) is 3.07. The Morgan fingerprint density at radius 3 is 2.68 bits per heavy atom. The van der Waals surface area contributed by atoms with E-state index in [1.165, 1.54) is 19.4 Å². The first-order valence-corrected chi connectivity index (χ1v) is 11.5. The summed E-state index contributed by atoms with van der Waals surface area (Å²) in [5, 5.41) is 9.16. The standard InChI is InChI=1S/C23H31N5O2S/c1-16-22(21-7-9-28(26-21)15-17-6-5-8-27(2)14-17)31-23(25-16)24-13-18-10-19(29-3)12-20(11-18)30-4/h7,9-12,17H,5-6,8,13-15H2,1-4H3,(H,24,25)/t17-/m1/s1. The van der Waals surface area contributed by atoms with Crippen LogP contribution >= 0.6 is 11.3 Å². The number of rotatable bonds is 8. The minimum absolute atomic E-state index is 0.642. The Kier molecular flexibility index (Phi) is 6.77. The van der Waals surface area contributed by atoms with E-state index in [0.29, 0.717) is 12.5 Å². The van der Waals surface area contributed by atoms with Crippen molar-refractivity contribution in [3.05, 3.63) is 41.7 Å². The fourth-order valence-electron chi connectivity index (χ4n) is 4.13. The van der Waals surface area contributed by atoms with E-state index in [1.54, 1.807) is 25.6 Å². The van der Waals surface area contributed by atoms with E-state index in [2.05, 4.69) is 34.2 Å². The molecule has 8 heteroatoms. The lowest BCUT2D eigenvalue weighted by Crippen LogP contribution is -2.34. The van der Waals surface area contributed by atoms with Gasteiger partial charge in [0.05, 0.1) is 24.8 Å². The van der Waals surface area contributed by atoms with Crippen molar-refractivity contribution in [2.45, 2.75) is 32.9 Å². The summed E-state index contributed by atoms with van der Waals surface area (Å²) in [6.07, 6.45) is 4.65. The Hall–Kier alpha value is -2.58. The predicted molar refractivity (Wildman–Crippen MR) is 125 cm³/mol. The zero-order valence-corrected chi connectivity index (χ0v) is 19.5. The van der Waals surface area contributed by atoms with Crippen molar-refractivity contribution in [2.75, 3.05) is 39.7 Å². The van der Waals surface area contributed by atoms with E-state index in [1.807, 2.05) is 25.1 Å². The molecule has 0 spiro atoms. The van der Waals surface area contributed by atoms with Crippen LogP contribution in [0.3, 0.4) is 0 Å². The molecule has 166 valence electrons. The Bertz CT molecular complexity index is 993. The van der Waals surface area contributed by atoms with Gasteiger partial charge in [-0.1, -0.05) is 11.3 Å². The highest BCUT2D eigenvalue weighted by Crippen LogP contribution is 2.32. The van der Waals surface area contributed by atoms with Crippen molar-refractivity contribution < 1.29 is 9.47 Å². The number of nitrogens with one attached hydrogen (secondary N) is 1. The average molecular weight is 442 g/mol. The smallest absolute Gasteiger partial charge is 0.183 e. The maximum Gasteiger partial charge on any atom is 0.183 e. The second-order valence-corrected chi connectivity index (χ2v) is 9.20. The van der Waals surface area contributed by atoms with Crippen LogP contribution < -0.4 is 14.8 Å². The van der Waals surface area contributed by atoms with Crippen molar-refractivity contribution >= 4 is 16.5 Å². The topological polar surface area (TPSA) is 64.4 Å². The molecule has 3 heterocycles. The summed E-state index contributed by atoms with van der Waals surface area (Å²) >= 11 is 1.64. The number of hydrogen-bond acceptors (Lipinski definition) is 7. The van der Waals surface area contributed by atoms with E-state index in [-0.39, 0.29) is 0 Å². The Morgan fingerprint density at radius 2 is 1.97 bits per heavy atom. The molecule has 1 N–H and O–H groups in total. The molecule has 0 saturated carbocycles. The minimum Gasteiger partial charge on any atom is -0.497 e.